The molecular weight excluding hydrogens is 226 g/mol. The second kappa shape index (κ2) is 3.95. The van der Waals surface area contributed by atoms with E-state index in [0.717, 1.165) is 36.8 Å². The second-order valence-electron chi connectivity index (χ2n) is 6.70. The van der Waals surface area contributed by atoms with E-state index in [1.807, 2.05) is 13.0 Å². The van der Waals surface area contributed by atoms with Crippen LogP contribution in [0, 0.1) is 10.8 Å². The van der Waals surface area contributed by atoms with Crippen LogP contribution in [0.5, 0.6) is 0 Å². The molecule has 0 spiro atoms. The Hall–Kier alpha value is -1.09. The van der Waals surface area contributed by atoms with E-state index in [1.165, 1.54) is 6.21 Å². The van der Waals surface area contributed by atoms with Gasteiger partial charge in [0.1, 0.15) is 0 Å². The molecular formula is C15H23NO2. The maximum absolute atomic E-state index is 11.0. The van der Waals surface area contributed by atoms with Crippen LogP contribution in [0.25, 0.3) is 0 Å². The van der Waals surface area contributed by atoms with Gasteiger partial charge in [0.05, 0.1) is 11.8 Å². The van der Waals surface area contributed by atoms with Crippen LogP contribution < -0.4 is 0 Å². The van der Waals surface area contributed by atoms with Crippen molar-refractivity contribution in [1.82, 2.24) is 0 Å². The van der Waals surface area contributed by atoms with Gasteiger partial charge in [-0.3, -0.25) is 0 Å². The molecule has 0 aromatic carbocycles. The average molecular weight is 249 g/mol. The Morgan fingerprint density at radius 1 is 1.33 bits per heavy atom. The molecule has 0 aromatic rings. The van der Waals surface area contributed by atoms with Crippen LogP contribution >= 0.6 is 0 Å². The molecule has 18 heavy (non-hydrogen) atoms. The third kappa shape index (κ3) is 1.91. The first-order valence-corrected chi connectivity index (χ1v) is 6.54. The monoisotopic (exact) mass is 249 g/mol. The van der Waals surface area contributed by atoms with E-state index in [1.54, 1.807) is 0 Å². The van der Waals surface area contributed by atoms with Crippen molar-refractivity contribution in [2.24, 2.45) is 16.0 Å². The van der Waals surface area contributed by atoms with E-state index in [2.05, 4.69) is 25.6 Å². The lowest BCUT2D eigenvalue weighted by Gasteiger charge is -2.34. The van der Waals surface area contributed by atoms with Crippen molar-refractivity contribution in [3.05, 3.63) is 23.8 Å². The first kappa shape index (κ1) is 13.3. The van der Waals surface area contributed by atoms with E-state index >= 15 is 0 Å². The molecule has 0 radical (unpaired) electrons. The normalized spacial score (nSPS) is 28.4. The molecule has 0 amide bonds. The Labute approximate surface area is 109 Å². The zero-order valence-corrected chi connectivity index (χ0v) is 11.5. The Balaban J connectivity index is 2.41. The number of hydrogen-bond acceptors (Lipinski definition) is 3. The van der Waals surface area contributed by atoms with Crippen LogP contribution in [0.4, 0.5) is 0 Å². The molecule has 1 saturated carbocycles. The predicted molar refractivity (Wildman–Crippen MR) is 72.8 cm³/mol. The fraction of sp³-hybridized carbons (Fsp3) is 0.667. The highest BCUT2D eigenvalue weighted by molar-refractivity contribution is 5.81. The minimum atomic E-state index is -0.876. The first-order valence-electron chi connectivity index (χ1n) is 6.54. The summed E-state index contributed by atoms with van der Waals surface area (Å²) < 4.78 is 0. The average Bonchev–Trinajstić information content (AvgIpc) is 3.01. The van der Waals surface area contributed by atoms with Crippen LogP contribution in [0.2, 0.25) is 0 Å². The topological polar surface area (TPSA) is 52.8 Å². The molecule has 0 unspecified atom stereocenters. The molecule has 0 bridgehead atoms. The zero-order chi connectivity index (χ0) is 13.6. The van der Waals surface area contributed by atoms with Crippen LogP contribution in [0.1, 0.15) is 46.5 Å². The molecule has 1 atom stereocenters. The van der Waals surface area contributed by atoms with Gasteiger partial charge in [-0.25, -0.2) is 0 Å². The molecule has 2 N–H and O–H groups in total. The lowest BCUT2D eigenvalue weighted by atomic mass is 9.76. The van der Waals surface area contributed by atoms with Crippen LogP contribution in [-0.4, -0.2) is 22.1 Å². The molecule has 100 valence electrons. The summed E-state index contributed by atoms with van der Waals surface area (Å²) in [6.45, 7) is 10.1. The first-order chi connectivity index (χ1) is 8.28. The summed E-state index contributed by atoms with van der Waals surface area (Å²) in [6.07, 6.45) is 7.03. The SMILES string of the molecule is C=CC1([C@@](C)(O)C2=C(/C=N/O)CC(C)(C)C2)CC1. The Morgan fingerprint density at radius 2 is 1.94 bits per heavy atom. The second-order valence-corrected chi connectivity index (χ2v) is 6.70. The number of rotatable bonds is 4. The summed E-state index contributed by atoms with van der Waals surface area (Å²) in [4.78, 5) is 0. The lowest BCUT2D eigenvalue weighted by Crippen LogP contribution is -2.38. The highest BCUT2D eigenvalue weighted by Crippen LogP contribution is 2.60. The van der Waals surface area contributed by atoms with Crippen LogP contribution in [0.3, 0.4) is 0 Å². The molecule has 0 aliphatic heterocycles. The van der Waals surface area contributed by atoms with Gasteiger partial charge < -0.3 is 10.3 Å². The smallest absolute Gasteiger partial charge is 0.0925 e. The molecule has 2 aliphatic rings. The highest BCUT2D eigenvalue weighted by atomic mass is 16.4. The van der Waals surface area contributed by atoms with Gasteiger partial charge in [-0.15, -0.1) is 6.58 Å². The van der Waals surface area contributed by atoms with Gasteiger partial charge in [-0.2, -0.15) is 0 Å². The summed E-state index contributed by atoms with van der Waals surface area (Å²) in [5.41, 5.74) is 1.05. The van der Waals surface area contributed by atoms with Crippen LogP contribution in [-0.2, 0) is 0 Å². The van der Waals surface area contributed by atoms with E-state index in [-0.39, 0.29) is 10.8 Å². The minimum absolute atomic E-state index is 0.118. The fourth-order valence-electron chi connectivity index (χ4n) is 3.28. The van der Waals surface area contributed by atoms with E-state index in [4.69, 9.17) is 5.21 Å². The van der Waals surface area contributed by atoms with E-state index in [9.17, 15) is 5.11 Å². The van der Waals surface area contributed by atoms with Crippen molar-refractivity contribution in [2.75, 3.05) is 0 Å². The van der Waals surface area contributed by atoms with E-state index < -0.39 is 5.60 Å². The van der Waals surface area contributed by atoms with Gasteiger partial charge in [-0.1, -0.05) is 25.1 Å². The Bertz CT molecular complexity index is 426. The molecule has 0 saturated heterocycles. The van der Waals surface area contributed by atoms with Crippen molar-refractivity contribution in [3.63, 3.8) is 0 Å². The van der Waals surface area contributed by atoms with Gasteiger partial charge in [0.15, 0.2) is 0 Å². The van der Waals surface area contributed by atoms with Gasteiger partial charge in [0.2, 0.25) is 0 Å². The Kier molecular flexibility index (Phi) is 2.93. The molecule has 3 nitrogen and oxygen atoms in total. The summed E-state index contributed by atoms with van der Waals surface area (Å²) in [7, 11) is 0. The summed E-state index contributed by atoms with van der Waals surface area (Å²) in [5.74, 6) is 0. The molecule has 1 fully saturated rings. The highest BCUT2D eigenvalue weighted by Gasteiger charge is 2.57. The third-order valence-electron chi connectivity index (χ3n) is 4.66. The predicted octanol–water partition coefficient (Wildman–Crippen LogP) is 3.28. The number of nitrogens with zero attached hydrogens (tertiary/aromatic N) is 1. The molecule has 3 heteroatoms. The van der Waals surface area contributed by atoms with Gasteiger partial charge in [-0.05, 0) is 49.2 Å². The number of aliphatic hydroxyl groups is 1. The number of hydrogen-bond donors (Lipinski definition) is 2. The fourth-order valence-corrected chi connectivity index (χ4v) is 3.28. The van der Waals surface area contributed by atoms with Crippen molar-refractivity contribution in [2.45, 2.75) is 52.1 Å². The zero-order valence-electron chi connectivity index (χ0n) is 11.5. The maximum Gasteiger partial charge on any atom is 0.0925 e. The van der Waals surface area contributed by atoms with Crippen molar-refractivity contribution < 1.29 is 10.3 Å². The minimum Gasteiger partial charge on any atom is -0.411 e. The van der Waals surface area contributed by atoms with Crippen LogP contribution in [0.15, 0.2) is 29.0 Å². The number of oxime groups is 1. The van der Waals surface area contributed by atoms with Crippen molar-refractivity contribution in [1.29, 1.82) is 0 Å². The summed E-state index contributed by atoms with van der Waals surface area (Å²) in [6, 6.07) is 0. The summed E-state index contributed by atoms with van der Waals surface area (Å²) >= 11 is 0. The third-order valence-corrected chi connectivity index (χ3v) is 4.66. The quantitative estimate of drug-likeness (QED) is 0.348. The summed E-state index contributed by atoms with van der Waals surface area (Å²) in [5, 5.41) is 22.9. The lowest BCUT2D eigenvalue weighted by molar-refractivity contribution is 0.0373. The molecule has 0 aromatic heterocycles. The Morgan fingerprint density at radius 3 is 2.39 bits per heavy atom. The standard InChI is InChI=1S/C15H23NO2/c1-5-15(6-7-15)14(4,17)12-9-13(2,3)8-11(12)10-16-18/h5,10,17-18H,1,6-9H2,2-4H3/b16-10+/t14-/m0/s1. The number of allylic oxidation sites excluding steroid dienone is 1. The van der Waals surface area contributed by atoms with Gasteiger partial charge in [0, 0.05) is 5.41 Å². The maximum atomic E-state index is 11.0. The molecule has 2 rings (SSSR count). The van der Waals surface area contributed by atoms with E-state index in [0.29, 0.717) is 0 Å². The molecule has 0 heterocycles. The van der Waals surface area contributed by atoms with Crippen molar-refractivity contribution in [3.8, 4) is 0 Å². The van der Waals surface area contributed by atoms with Gasteiger partial charge in [0.25, 0.3) is 0 Å². The van der Waals surface area contributed by atoms with Crippen molar-refractivity contribution >= 4 is 6.21 Å². The largest absolute Gasteiger partial charge is 0.411 e. The molecule has 2 aliphatic carbocycles. The van der Waals surface area contributed by atoms with Gasteiger partial charge >= 0.3 is 0 Å².